The van der Waals surface area contributed by atoms with E-state index in [9.17, 15) is 9.90 Å². The Morgan fingerprint density at radius 1 is 1.65 bits per heavy atom. The molecule has 0 spiro atoms. The lowest BCUT2D eigenvalue weighted by Crippen LogP contribution is -2.65. The molecule has 92 valence electrons. The molecule has 2 aliphatic rings. The average Bonchev–Trinajstić information content (AvgIpc) is 3.00. The van der Waals surface area contributed by atoms with Crippen molar-refractivity contribution in [2.24, 2.45) is 5.92 Å². The Balaban J connectivity index is 1.54. The minimum atomic E-state index is -0.576. The number of hydrogen-bond donors (Lipinski definition) is 1. The maximum absolute atomic E-state index is 11.9. The second kappa shape index (κ2) is 3.78. The third-order valence-electron chi connectivity index (χ3n) is 3.62. The minimum absolute atomic E-state index is 0.0839. The van der Waals surface area contributed by atoms with E-state index in [1.165, 1.54) is 0 Å². The van der Waals surface area contributed by atoms with Crippen LogP contribution in [0.25, 0.3) is 0 Å². The number of hydrogen-bond acceptors (Lipinski definition) is 4. The van der Waals surface area contributed by atoms with Crippen molar-refractivity contribution in [3.63, 3.8) is 0 Å². The Hall–Kier alpha value is -0.940. The Morgan fingerprint density at radius 3 is 2.88 bits per heavy atom. The van der Waals surface area contributed by atoms with Crippen LogP contribution >= 0.6 is 11.3 Å². The van der Waals surface area contributed by atoms with Crippen molar-refractivity contribution in [2.75, 3.05) is 13.1 Å². The molecule has 1 N–H and O–H groups in total. The highest BCUT2D eigenvalue weighted by molar-refractivity contribution is 7.09. The van der Waals surface area contributed by atoms with E-state index >= 15 is 0 Å². The van der Waals surface area contributed by atoms with E-state index in [0.29, 0.717) is 25.4 Å². The molecule has 1 aliphatic heterocycles. The molecule has 1 aromatic heterocycles. The molecule has 0 unspecified atom stereocenters. The summed E-state index contributed by atoms with van der Waals surface area (Å²) < 4.78 is 0. The zero-order chi connectivity index (χ0) is 12.0. The molecule has 2 fully saturated rings. The third-order valence-corrected chi connectivity index (χ3v) is 4.44. The van der Waals surface area contributed by atoms with E-state index in [4.69, 9.17) is 0 Å². The van der Waals surface area contributed by atoms with Crippen LogP contribution < -0.4 is 0 Å². The lowest BCUT2D eigenvalue weighted by Gasteiger charge is -2.47. The van der Waals surface area contributed by atoms with Gasteiger partial charge in [0.25, 0.3) is 0 Å². The minimum Gasteiger partial charge on any atom is -0.386 e. The highest BCUT2D eigenvalue weighted by Crippen LogP contribution is 2.44. The van der Waals surface area contributed by atoms with Crippen molar-refractivity contribution < 1.29 is 9.90 Å². The van der Waals surface area contributed by atoms with Gasteiger partial charge in [-0.2, -0.15) is 0 Å². The Morgan fingerprint density at radius 2 is 2.35 bits per heavy atom. The van der Waals surface area contributed by atoms with Crippen LogP contribution in [0.1, 0.15) is 23.5 Å². The second-order valence-electron chi connectivity index (χ2n) is 5.16. The first-order valence-electron chi connectivity index (χ1n) is 5.98. The van der Waals surface area contributed by atoms with Crippen molar-refractivity contribution >= 4 is 17.2 Å². The van der Waals surface area contributed by atoms with Crippen molar-refractivity contribution in [2.45, 2.75) is 31.8 Å². The summed E-state index contributed by atoms with van der Waals surface area (Å²) in [6.07, 6.45) is 2.60. The van der Waals surface area contributed by atoms with Crippen LogP contribution in [0, 0.1) is 12.8 Å². The van der Waals surface area contributed by atoms with Crippen LogP contribution in [0.3, 0.4) is 0 Å². The number of carbonyl (C=O) groups is 1. The van der Waals surface area contributed by atoms with Crippen LogP contribution in [0.15, 0.2) is 5.38 Å². The van der Waals surface area contributed by atoms with E-state index in [2.05, 4.69) is 4.98 Å². The Bertz CT molecular complexity index is 447. The number of carbonyl (C=O) groups excluding carboxylic acids is 1. The quantitative estimate of drug-likeness (QED) is 0.872. The van der Waals surface area contributed by atoms with Gasteiger partial charge >= 0.3 is 0 Å². The predicted molar refractivity (Wildman–Crippen MR) is 64.8 cm³/mol. The van der Waals surface area contributed by atoms with Crippen LogP contribution in [0.2, 0.25) is 0 Å². The standard InChI is InChI=1S/C12H16N2O2S/c1-8-13-10(5-17-8)4-11(15)14-6-12(16,7-14)9-2-3-9/h5,9,16H,2-4,6-7H2,1H3. The first-order chi connectivity index (χ1) is 8.07. The summed E-state index contributed by atoms with van der Waals surface area (Å²) in [7, 11) is 0. The van der Waals surface area contributed by atoms with Gasteiger partial charge in [0.1, 0.15) is 5.60 Å². The largest absolute Gasteiger partial charge is 0.386 e. The summed E-state index contributed by atoms with van der Waals surface area (Å²) in [6.45, 7) is 2.97. The predicted octanol–water partition coefficient (Wildman–Crippen LogP) is 0.977. The number of rotatable bonds is 3. The molecule has 4 nitrogen and oxygen atoms in total. The van der Waals surface area contributed by atoms with Gasteiger partial charge in [0.05, 0.1) is 30.2 Å². The smallest absolute Gasteiger partial charge is 0.228 e. The Labute approximate surface area is 104 Å². The molecular weight excluding hydrogens is 236 g/mol. The van der Waals surface area contributed by atoms with E-state index in [1.807, 2.05) is 12.3 Å². The number of nitrogens with zero attached hydrogens (tertiary/aromatic N) is 2. The van der Waals surface area contributed by atoms with Crippen LogP contribution in [-0.4, -0.2) is 39.6 Å². The monoisotopic (exact) mass is 252 g/mol. The molecule has 5 heteroatoms. The van der Waals surface area contributed by atoms with Gasteiger partial charge < -0.3 is 10.0 Å². The molecule has 1 aliphatic carbocycles. The van der Waals surface area contributed by atoms with E-state index in [-0.39, 0.29) is 5.91 Å². The molecule has 0 aromatic carbocycles. The lowest BCUT2D eigenvalue weighted by atomic mass is 9.88. The lowest BCUT2D eigenvalue weighted by molar-refractivity contribution is -0.158. The fraction of sp³-hybridized carbons (Fsp3) is 0.667. The summed E-state index contributed by atoms with van der Waals surface area (Å²) in [4.78, 5) is 17.9. The molecule has 2 heterocycles. The molecule has 0 atom stereocenters. The van der Waals surface area contributed by atoms with Gasteiger partial charge in [-0.3, -0.25) is 4.79 Å². The van der Waals surface area contributed by atoms with E-state index in [1.54, 1.807) is 16.2 Å². The summed E-state index contributed by atoms with van der Waals surface area (Å²) in [6, 6.07) is 0. The maximum atomic E-state index is 11.9. The highest BCUT2D eigenvalue weighted by atomic mass is 32.1. The van der Waals surface area contributed by atoms with E-state index in [0.717, 1.165) is 23.5 Å². The molecule has 0 bridgehead atoms. The molecule has 0 radical (unpaired) electrons. The van der Waals surface area contributed by atoms with Crippen molar-refractivity contribution in [3.05, 3.63) is 16.1 Å². The molecular formula is C12H16N2O2S. The molecule has 1 saturated heterocycles. The molecule has 1 saturated carbocycles. The number of likely N-dealkylation sites (tertiary alicyclic amines) is 1. The van der Waals surface area contributed by atoms with Gasteiger partial charge in [-0.05, 0) is 25.7 Å². The van der Waals surface area contributed by atoms with Gasteiger partial charge in [0.2, 0.25) is 5.91 Å². The van der Waals surface area contributed by atoms with Gasteiger partial charge in [0, 0.05) is 5.38 Å². The van der Waals surface area contributed by atoms with Gasteiger partial charge in [0.15, 0.2) is 0 Å². The van der Waals surface area contributed by atoms with Crippen LogP contribution in [0.4, 0.5) is 0 Å². The van der Waals surface area contributed by atoms with Crippen molar-refractivity contribution in [1.29, 1.82) is 0 Å². The SMILES string of the molecule is Cc1nc(CC(=O)N2CC(O)(C3CC3)C2)cs1. The summed E-state index contributed by atoms with van der Waals surface area (Å²) in [5.41, 5.74) is 0.271. The summed E-state index contributed by atoms with van der Waals surface area (Å²) in [5.74, 6) is 0.522. The normalized spacial score (nSPS) is 22.4. The molecule has 1 amide bonds. The van der Waals surface area contributed by atoms with Crippen molar-refractivity contribution in [1.82, 2.24) is 9.88 Å². The Kier molecular flexibility index (Phi) is 2.48. The topological polar surface area (TPSA) is 53.4 Å². The third kappa shape index (κ3) is 2.09. The van der Waals surface area contributed by atoms with Gasteiger partial charge in [-0.15, -0.1) is 11.3 Å². The fourth-order valence-electron chi connectivity index (χ4n) is 2.43. The second-order valence-corrected chi connectivity index (χ2v) is 6.22. The summed E-state index contributed by atoms with van der Waals surface area (Å²) in [5, 5.41) is 13.1. The number of aryl methyl sites for hydroxylation is 1. The number of β-amino-alcohol motifs (C(OH)–C–C–N with tert-alkyl or cyclic N) is 1. The zero-order valence-electron chi connectivity index (χ0n) is 9.85. The summed E-state index contributed by atoms with van der Waals surface area (Å²) >= 11 is 1.57. The molecule has 17 heavy (non-hydrogen) atoms. The molecule has 1 aromatic rings. The van der Waals surface area contributed by atoms with E-state index < -0.39 is 5.60 Å². The molecule has 3 rings (SSSR count). The fourth-order valence-corrected chi connectivity index (χ4v) is 3.04. The van der Waals surface area contributed by atoms with Crippen molar-refractivity contribution in [3.8, 4) is 0 Å². The maximum Gasteiger partial charge on any atom is 0.228 e. The number of amides is 1. The zero-order valence-corrected chi connectivity index (χ0v) is 10.7. The number of thiazole rings is 1. The first kappa shape index (κ1) is 11.2. The van der Waals surface area contributed by atoms with Gasteiger partial charge in [-0.1, -0.05) is 0 Å². The number of aromatic nitrogens is 1. The van der Waals surface area contributed by atoms with Gasteiger partial charge in [-0.25, -0.2) is 4.98 Å². The highest BCUT2D eigenvalue weighted by Gasteiger charge is 2.53. The average molecular weight is 252 g/mol. The number of aliphatic hydroxyl groups is 1. The first-order valence-corrected chi connectivity index (χ1v) is 6.86. The van der Waals surface area contributed by atoms with Crippen LogP contribution in [0.5, 0.6) is 0 Å². The van der Waals surface area contributed by atoms with Crippen LogP contribution in [-0.2, 0) is 11.2 Å².